The van der Waals surface area contributed by atoms with E-state index in [9.17, 15) is 23.3 Å². The number of hydrogen-bond acceptors (Lipinski definition) is 7. The molecule has 0 aliphatic rings. The van der Waals surface area contributed by atoms with Gasteiger partial charge in [-0.1, -0.05) is 12.1 Å². The van der Waals surface area contributed by atoms with E-state index in [4.69, 9.17) is 4.74 Å². The molecule has 2 rings (SSSR count). The number of hydrogen-bond donors (Lipinski definition) is 0. The molecule has 0 unspecified atom stereocenters. The quantitative estimate of drug-likeness (QED) is 0.409. The summed E-state index contributed by atoms with van der Waals surface area (Å²) in [6, 6.07) is 10.6. The Morgan fingerprint density at radius 1 is 1.12 bits per heavy atom. The molecule has 0 radical (unpaired) electrons. The summed E-state index contributed by atoms with van der Waals surface area (Å²) in [4.78, 5) is 21.7. The summed E-state index contributed by atoms with van der Waals surface area (Å²) in [5, 5.41) is 10.8. The van der Waals surface area contributed by atoms with Crippen molar-refractivity contribution in [3.8, 4) is 5.75 Å². The smallest absolute Gasteiger partial charge is 0.326 e. The highest BCUT2D eigenvalue weighted by molar-refractivity contribution is 7.92. The van der Waals surface area contributed by atoms with Crippen molar-refractivity contribution in [1.29, 1.82) is 0 Å². The number of non-ortho nitro benzene ring substituents is 1. The maximum atomic E-state index is 13.0. The number of para-hydroxylation sites is 2. The van der Waals surface area contributed by atoms with Crippen LogP contribution in [0.15, 0.2) is 53.4 Å². The van der Waals surface area contributed by atoms with Crippen LogP contribution in [0.4, 0.5) is 11.4 Å². The van der Waals surface area contributed by atoms with Crippen molar-refractivity contribution >= 4 is 27.4 Å². The van der Waals surface area contributed by atoms with E-state index < -0.39 is 27.5 Å². The molecule has 0 aliphatic carbocycles. The van der Waals surface area contributed by atoms with Gasteiger partial charge in [0.2, 0.25) is 0 Å². The third kappa shape index (κ3) is 3.91. The molecular formula is C16H16N2O7S. The number of methoxy groups -OCH3 is 2. The van der Waals surface area contributed by atoms with E-state index in [0.29, 0.717) is 0 Å². The number of sulfonamides is 1. The molecule has 0 aromatic heterocycles. The summed E-state index contributed by atoms with van der Waals surface area (Å²) in [5.41, 5.74) is -0.112. The molecule has 0 aliphatic heterocycles. The maximum absolute atomic E-state index is 13.0. The lowest BCUT2D eigenvalue weighted by atomic mass is 10.3. The number of esters is 1. The third-order valence-electron chi connectivity index (χ3n) is 3.49. The molecular weight excluding hydrogens is 364 g/mol. The molecule has 0 N–H and O–H groups in total. The zero-order valence-electron chi connectivity index (χ0n) is 14.0. The molecule has 0 fully saturated rings. The molecule has 10 heteroatoms. The first-order valence-electron chi connectivity index (χ1n) is 7.28. The lowest BCUT2D eigenvalue weighted by molar-refractivity contribution is -0.384. The van der Waals surface area contributed by atoms with Crippen LogP contribution in [0, 0.1) is 10.1 Å². The number of nitro groups is 1. The number of nitrogens with zero attached hydrogens (tertiary/aromatic N) is 2. The highest BCUT2D eigenvalue weighted by Gasteiger charge is 2.30. The molecule has 2 aromatic carbocycles. The van der Waals surface area contributed by atoms with Gasteiger partial charge in [0.05, 0.1) is 29.7 Å². The number of ether oxygens (including phenoxy) is 2. The highest BCUT2D eigenvalue weighted by Crippen LogP contribution is 2.32. The Balaban J connectivity index is 2.56. The number of rotatable bonds is 7. The summed E-state index contributed by atoms with van der Waals surface area (Å²) in [7, 11) is -1.70. The molecule has 0 spiro atoms. The summed E-state index contributed by atoms with van der Waals surface area (Å²) >= 11 is 0. The van der Waals surface area contributed by atoms with Gasteiger partial charge in [0.1, 0.15) is 12.3 Å². The molecule has 138 valence electrons. The van der Waals surface area contributed by atoms with Crippen LogP contribution in [0.5, 0.6) is 5.75 Å². The van der Waals surface area contributed by atoms with Crippen LogP contribution in [0.2, 0.25) is 0 Å². The van der Waals surface area contributed by atoms with Gasteiger partial charge in [0.15, 0.2) is 0 Å². The van der Waals surface area contributed by atoms with Gasteiger partial charge in [0, 0.05) is 12.1 Å². The third-order valence-corrected chi connectivity index (χ3v) is 5.26. The second-order valence-electron chi connectivity index (χ2n) is 5.01. The van der Waals surface area contributed by atoms with E-state index in [0.717, 1.165) is 35.7 Å². The SMILES string of the molecule is COC(=O)CN(c1ccccc1OC)S(=O)(=O)c1ccc([N+](=O)[O-])cc1. The van der Waals surface area contributed by atoms with E-state index in [1.165, 1.54) is 13.2 Å². The first-order chi connectivity index (χ1) is 12.3. The van der Waals surface area contributed by atoms with Crippen molar-refractivity contribution < 1.29 is 27.6 Å². The lowest BCUT2D eigenvalue weighted by Gasteiger charge is -2.24. The molecule has 0 atom stereocenters. The summed E-state index contributed by atoms with van der Waals surface area (Å²) in [6.45, 7) is -0.587. The molecule has 2 aromatic rings. The van der Waals surface area contributed by atoms with Crippen molar-refractivity contribution in [2.45, 2.75) is 4.90 Å². The second kappa shape index (κ2) is 7.83. The van der Waals surface area contributed by atoms with Gasteiger partial charge in [0.25, 0.3) is 15.7 Å². The Bertz CT molecular complexity index is 910. The first-order valence-corrected chi connectivity index (χ1v) is 8.72. The van der Waals surface area contributed by atoms with E-state index in [-0.39, 0.29) is 22.0 Å². The maximum Gasteiger partial charge on any atom is 0.326 e. The zero-order chi connectivity index (χ0) is 19.3. The van der Waals surface area contributed by atoms with Gasteiger partial charge in [-0.3, -0.25) is 19.2 Å². The Hall–Kier alpha value is -3.14. The fraction of sp³-hybridized carbons (Fsp3) is 0.188. The van der Waals surface area contributed by atoms with E-state index in [1.54, 1.807) is 18.2 Å². The number of carbonyl (C=O) groups is 1. The Labute approximate surface area is 150 Å². The minimum atomic E-state index is -4.20. The van der Waals surface area contributed by atoms with Crippen LogP contribution in [0.1, 0.15) is 0 Å². The predicted octanol–water partition coefficient (Wildman–Crippen LogP) is 1.97. The molecule has 9 nitrogen and oxygen atoms in total. The molecule has 26 heavy (non-hydrogen) atoms. The average Bonchev–Trinajstić information content (AvgIpc) is 2.65. The number of carbonyl (C=O) groups excluding carboxylic acids is 1. The summed E-state index contributed by atoms with van der Waals surface area (Å²) in [6.07, 6.45) is 0. The second-order valence-corrected chi connectivity index (χ2v) is 6.87. The van der Waals surface area contributed by atoms with Gasteiger partial charge in [-0.2, -0.15) is 0 Å². The Kier molecular flexibility index (Phi) is 5.78. The van der Waals surface area contributed by atoms with Crippen LogP contribution in [-0.4, -0.2) is 40.1 Å². The van der Waals surface area contributed by atoms with Crippen LogP contribution < -0.4 is 9.04 Å². The molecule has 0 saturated carbocycles. The predicted molar refractivity (Wildman–Crippen MR) is 92.6 cm³/mol. The van der Waals surface area contributed by atoms with Crippen LogP contribution >= 0.6 is 0 Å². The van der Waals surface area contributed by atoms with Crippen molar-refractivity contribution in [3.63, 3.8) is 0 Å². The van der Waals surface area contributed by atoms with Crippen LogP contribution in [-0.2, 0) is 19.6 Å². The molecule has 0 heterocycles. The normalized spacial score (nSPS) is 10.8. The van der Waals surface area contributed by atoms with Gasteiger partial charge in [-0.15, -0.1) is 0 Å². The van der Waals surface area contributed by atoms with Gasteiger partial charge in [-0.05, 0) is 24.3 Å². The van der Waals surface area contributed by atoms with Crippen LogP contribution in [0.25, 0.3) is 0 Å². The standard InChI is InChI=1S/C16H16N2O7S/c1-24-15-6-4-3-5-14(15)17(11-16(19)25-2)26(22,23)13-9-7-12(8-10-13)18(20)21/h3-10H,11H2,1-2H3. The first kappa shape index (κ1) is 19.2. The minimum absolute atomic E-state index is 0.138. The number of benzene rings is 2. The van der Waals surface area contributed by atoms with Crippen molar-refractivity contribution in [1.82, 2.24) is 0 Å². The monoisotopic (exact) mass is 380 g/mol. The number of nitro benzene ring substituents is 1. The Morgan fingerprint density at radius 3 is 2.27 bits per heavy atom. The van der Waals surface area contributed by atoms with Crippen molar-refractivity contribution in [2.24, 2.45) is 0 Å². The van der Waals surface area contributed by atoms with E-state index >= 15 is 0 Å². The minimum Gasteiger partial charge on any atom is -0.495 e. The van der Waals surface area contributed by atoms with Gasteiger partial charge in [-0.25, -0.2) is 8.42 Å². The van der Waals surface area contributed by atoms with Crippen molar-refractivity contribution in [3.05, 3.63) is 58.6 Å². The van der Waals surface area contributed by atoms with E-state index in [2.05, 4.69) is 4.74 Å². The zero-order valence-corrected chi connectivity index (χ0v) is 14.8. The van der Waals surface area contributed by atoms with Gasteiger partial charge >= 0.3 is 5.97 Å². The van der Waals surface area contributed by atoms with Gasteiger partial charge < -0.3 is 9.47 Å². The molecule has 0 amide bonds. The molecule has 0 saturated heterocycles. The number of anilines is 1. The summed E-state index contributed by atoms with van der Waals surface area (Å²) < 4.78 is 36.6. The fourth-order valence-corrected chi connectivity index (χ4v) is 3.60. The Morgan fingerprint density at radius 2 is 1.73 bits per heavy atom. The largest absolute Gasteiger partial charge is 0.495 e. The van der Waals surface area contributed by atoms with Crippen LogP contribution in [0.3, 0.4) is 0 Å². The van der Waals surface area contributed by atoms with Crippen molar-refractivity contribution in [2.75, 3.05) is 25.1 Å². The average molecular weight is 380 g/mol. The molecule has 0 bridgehead atoms. The highest BCUT2D eigenvalue weighted by atomic mass is 32.2. The van der Waals surface area contributed by atoms with E-state index in [1.807, 2.05) is 0 Å². The fourth-order valence-electron chi connectivity index (χ4n) is 2.18. The topological polar surface area (TPSA) is 116 Å². The lowest BCUT2D eigenvalue weighted by Crippen LogP contribution is -2.36. The summed E-state index contributed by atoms with van der Waals surface area (Å²) in [5.74, 6) is -0.539.